The Labute approximate surface area is 190 Å². The monoisotopic (exact) mass is 428 g/mol. The maximum absolute atomic E-state index is 13.0. The largest absolute Gasteiger partial charge is 0.426 e. The SMILES string of the molecule is CCC(C)(CC(C)(C)C)C(=O)Oc1ccc(C(O)C23CC(C)CC(CC(C)C2)C3)cc1. The van der Waals surface area contributed by atoms with Crippen LogP contribution in [-0.4, -0.2) is 11.1 Å². The molecule has 1 N–H and O–H groups in total. The summed E-state index contributed by atoms with van der Waals surface area (Å²) in [5.41, 5.74) is 0.505. The van der Waals surface area contributed by atoms with E-state index in [0.717, 1.165) is 43.6 Å². The summed E-state index contributed by atoms with van der Waals surface area (Å²) >= 11 is 0. The van der Waals surface area contributed by atoms with Gasteiger partial charge in [0.1, 0.15) is 5.75 Å². The van der Waals surface area contributed by atoms with E-state index in [2.05, 4.69) is 41.5 Å². The van der Waals surface area contributed by atoms with Gasteiger partial charge in [0.25, 0.3) is 0 Å². The third-order valence-corrected chi connectivity index (χ3v) is 7.86. The summed E-state index contributed by atoms with van der Waals surface area (Å²) < 4.78 is 5.79. The highest BCUT2D eigenvalue weighted by Crippen LogP contribution is 2.58. The lowest BCUT2D eigenvalue weighted by Crippen LogP contribution is -2.43. The van der Waals surface area contributed by atoms with Crippen LogP contribution in [0.3, 0.4) is 0 Å². The fraction of sp³-hybridized carbons (Fsp3) is 0.750. The minimum Gasteiger partial charge on any atom is -0.426 e. The zero-order chi connectivity index (χ0) is 23.0. The molecule has 0 radical (unpaired) electrons. The number of hydrogen-bond acceptors (Lipinski definition) is 3. The third kappa shape index (κ3) is 5.53. The molecule has 1 aromatic rings. The average Bonchev–Trinajstić information content (AvgIpc) is 2.65. The van der Waals surface area contributed by atoms with Gasteiger partial charge in [-0.3, -0.25) is 4.79 Å². The van der Waals surface area contributed by atoms with Crippen molar-refractivity contribution in [1.82, 2.24) is 0 Å². The van der Waals surface area contributed by atoms with E-state index in [-0.39, 0.29) is 16.8 Å². The van der Waals surface area contributed by atoms with Crippen LogP contribution in [0.25, 0.3) is 0 Å². The van der Waals surface area contributed by atoms with Crippen molar-refractivity contribution in [3.63, 3.8) is 0 Å². The van der Waals surface area contributed by atoms with Crippen LogP contribution in [0.2, 0.25) is 0 Å². The van der Waals surface area contributed by atoms with Crippen LogP contribution in [-0.2, 0) is 4.79 Å². The van der Waals surface area contributed by atoms with Gasteiger partial charge in [-0.05, 0) is 92.7 Å². The Morgan fingerprint density at radius 1 is 1.06 bits per heavy atom. The van der Waals surface area contributed by atoms with E-state index in [0.29, 0.717) is 17.6 Å². The first-order chi connectivity index (χ1) is 14.4. The number of ether oxygens (including phenoxy) is 1. The lowest BCUT2D eigenvalue weighted by atomic mass is 9.54. The van der Waals surface area contributed by atoms with Gasteiger partial charge in [-0.15, -0.1) is 0 Å². The number of rotatable bonds is 6. The molecule has 0 saturated heterocycles. The molecule has 0 aliphatic heterocycles. The number of fused-ring (bicyclic) bond motifs is 2. The van der Waals surface area contributed by atoms with Gasteiger partial charge in [-0.25, -0.2) is 0 Å². The van der Waals surface area contributed by atoms with Gasteiger partial charge in [0.15, 0.2) is 0 Å². The second kappa shape index (κ2) is 8.89. The normalized spacial score (nSPS) is 31.5. The third-order valence-electron chi connectivity index (χ3n) is 7.86. The fourth-order valence-corrected chi connectivity index (χ4v) is 6.93. The summed E-state index contributed by atoms with van der Waals surface area (Å²) in [6.07, 6.45) is 7.04. The molecule has 174 valence electrons. The number of benzene rings is 1. The van der Waals surface area contributed by atoms with Crippen molar-refractivity contribution in [3.8, 4) is 5.75 Å². The average molecular weight is 429 g/mol. The van der Waals surface area contributed by atoms with Crippen molar-refractivity contribution in [2.24, 2.45) is 34.0 Å². The maximum atomic E-state index is 13.0. The number of hydrogen-bond donors (Lipinski definition) is 1. The Balaban J connectivity index is 1.73. The molecule has 0 spiro atoms. The van der Waals surface area contributed by atoms with E-state index in [4.69, 9.17) is 4.74 Å². The van der Waals surface area contributed by atoms with E-state index >= 15 is 0 Å². The Hall–Kier alpha value is -1.35. The molecule has 2 aliphatic rings. The molecule has 4 atom stereocenters. The standard InChI is InChI=1S/C28H44O3/c1-8-27(7,18-26(4,5)6)25(30)31-23-11-9-22(10-12-23)24(29)28-15-19(2)13-21(17-28)14-20(3)16-28/h9-12,19-21,24,29H,8,13-18H2,1-7H3. The molecular formula is C28H44O3. The van der Waals surface area contributed by atoms with Crippen LogP contribution < -0.4 is 4.74 Å². The summed E-state index contributed by atoms with van der Waals surface area (Å²) in [7, 11) is 0. The number of esters is 1. The molecule has 31 heavy (non-hydrogen) atoms. The quantitative estimate of drug-likeness (QED) is 0.381. The number of aliphatic hydroxyl groups excluding tert-OH is 1. The van der Waals surface area contributed by atoms with E-state index in [1.54, 1.807) is 0 Å². The minimum atomic E-state index is -0.499. The molecule has 3 nitrogen and oxygen atoms in total. The highest BCUT2D eigenvalue weighted by Gasteiger charge is 2.48. The Morgan fingerprint density at radius 2 is 1.61 bits per heavy atom. The molecule has 2 bridgehead atoms. The predicted octanol–water partition coefficient (Wildman–Crippen LogP) is 7.33. The highest BCUT2D eigenvalue weighted by atomic mass is 16.5. The van der Waals surface area contributed by atoms with E-state index < -0.39 is 11.5 Å². The summed E-state index contributed by atoms with van der Waals surface area (Å²) in [5, 5.41) is 11.4. The summed E-state index contributed by atoms with van der Waals surface area (Å²) in [5.74, 6) is 2.50. The number of carbonyl (C=O) groups excluding carboxylic acids is 1. The van der Waals surface area contributed by atoms with Gasteiger partial charge in [-0.2, -0.15) is 0 Å². The molecule has 0 amide bonds. The zero-order valence-corrected chi connectivity index (χ0v) is 20.8. The van der Waals surface area contributed by atoms with E-state index in [1.165, 1.54) is 12.8 Å². The zero-order valence-electron chi connectivity index (χ0n) is 20.8. The van der Waals surface area contributed by atoms with Gasteiger partial charge in [0.2, 0.25) is 0 Å². The molecule has 0 heterocycles. The van der Waals surface area contributed by atoms with Crippen molar-refractivity contribution in [1.29, 1.82) is 0 Å². The Bertz CT molecular complexity index is 740. The Kier molecular flexibility index (Phi) is 6.96. The van der Waals surface area contributed by atoms with Gasteiger partial charge >= 0.3 is 5.97 Å². The predicted molar refractivity (Wildman–Crippen MR) is 127 cm³/mol. The van der Waals surface area contributed by atoms with Crippen molar-refractivity contribution < 1.29 is 14.6 Å². The summed E-state index contributed by atoms with van der Waals surface area (Å²) in [6.45, 7) is 15.2. The van der Waals surface area contributed by atoms with Gasteiger partial charge in [-0.1, -0.05) is 53.7 Å². The van der Waals surface area contributed by atoms with Crippen LogP contribution in [0, 0.1) is 34.0 Å². The van der Waals surface area contributed by atoms with Gasteiger partial charge < -0.3 is 9.84 Å². The minimum absolute atomic E-state index is 0.00825. The summed E-state index contributed by atoms with van der Waals surface area (Å²) in [6, 6.07) is 7.64. The van der Waals surface area contributed by atoms with Crippen molar-refractivity contribution in [3.05, 3.63) is 29.8 Å². The molecular weight excluding hydrogens is 384 g/mol. The molecule has 4 unspecified atom stereocenters. The Morgan fingerprint density at radius 3 is 2.10 bits per heavy atom. The lowest BCUT2D eigenvalue weighted by molar-refractivity contribution is -0.147. The smallest absolute Gasteiger partial charge is 0.317 e. The fourth-order valence-electron chi connectivity index (χ4n) is 6.93. The number of aliphatic hydroxyl groups is 1. The second-order valence-electron chi connectivity index (χ2n) is 12.5. The highest BCUT2D eigenvalue weighted by molar-refractivity contribution is 5.78. The first-order valence-corrected chi connectivity index (χ1v) is 12.4. The van der Waals surface area contributed by atoms with Crippen LogP contribution in [0.15, 0.2) is 24.3 Å². The first kappa shape index (κ1) is 24.3. The molecule has 1 aromatic carbocycles. The van der Waals surface area contributed by atoms with Gasteiger partial charge in [0, 0.05) is 5.41 Å². The van der Waals surface area contributed by atoms with Crippen LogP contribution in [0.1, 0.15) is 105 Å². The summed E-state index contributed by atoms with van der Waals surface area (Å²) in [4.78, 5) is 13.0. The topological polar surface area (TPSA) is 46.5 Å². The molecule has 2 saturated carbocycles. The maximum Gasteiger partial charge on any atom is 0.317 e. The molecule has 3 heteroatoms. The molecule has 0 aromatic heterocycles. The van der Waals surface area contributed by atoms with Crippen molar-refractivity contribution in [2.75, 3.05) is 0 Å². The lowest BCUT2D eigenvalue weighted by Gasteiger charge is -2.52. The van der Waals surface area contributed by atoms with Crippen LogP contribution >= 0.6 is 0 Å². The molecule has 2 aliphatic carbocycles. The first-order valence-electron chi connectivity index (χ1n) is 12.4. The van der Waals surface area contributed by atoms with Crippen molar-refractivity contribution >= 4 is 5.97 Å². The van der Waals surface area contributed by atoms with Crippen LogP contribution in [0.4, 0.5) is 0 Å². The molecule has 2 fully saturated rings. The molecule has 3 rings (SSSR count). The van der Waals surface area contributed by atoms with Crippen molar-refractivity contribution in [2.45, 2.75) is 99.5 Å². The van der Waals surface area contributed by atoms with Crippen LogP contribution in [0.5, 0.6) is 5.75 Å². The number of carbonyl (C=O) groups is 1. The van der Waals surface area contributed by atoms with E-state index in [9.17, 15) is 9.90 Å². The van der Waals surface area contributed by atoms with Gasteiger partial charge in [0.05, 0.1) is 11.5 Å². The van der Waals surface area contributed by atoms with E-state index in [1.807, 2.05) is 31.2 Å². The second-order valence-corrected chi connectivity index (χ2v) is 12.5.